The number of nitrogens with zero attached hydrogens (tertiary/aromatic N) is 1. The molecular weight excluding hydrogens is 1140 g/mol. The van der Waals surface area contributed by atoms with Crippen molar-refractivity contribution >= 4 is 28.0 Å². The second kappa shape index (κ2) is 47.8. The summed E-state index contributed by atoms with van der Waals surface area (Å²) < 4.78 is 37.5. The number of Topliss-reactive ketones (excluding diaryl/α,β-unsaturated/α-hetero) is 1. The molecule has 16 unspecified atom stereocenters. The third-order valence-electron chi connectivity index (χ3n) is 14.1. The monoisotopic (exact) mass is 1240 g/mol. The number of aliphatic imine (C=N–C) groups is 1. The van der Waals surface area contributed by atoms with Crippen LogP contribution in [0, 0.1) is 17.8 Å². The van der Waals surface area contributed by atoms with Crippen molar-refractivity contribution in [1.29, 1.82) is 0 Å². The fourth-order valence-electron chi connectivity index (χ4n) is 9.00. The Labute approximate surface area is 516 Å². The van der Waals surface area contributed by atoms with Crippen LogP contribution in [0.1, 0.15) is 130 Å². The zero-order chi connectivity index (χ0) is 65.0. The Balaban J connectivity index is 2.42. The normalized spacial score (nSPS) is 20.6. The maximum atomic E-state index is 13.1. The molecule has 0 spiro atoms. The van der Waals surface area contributed by atoms with Gasteiger partial charge in [0.05, 0.1) is 79.3 Å². The summed E-state index contributed by atoms with van der Waals surface area (Å²) in [7, 11) is -4.95. The highest BCUT2D eigenvalue weighted by atomic mass is 32.3. The van der Waals surface area contributed by atoms with E-state index in [1.54, 1.807) is 85.9 Å². The van der Waals surface area contributed by atoms with Gasteiger partial charge >= 0.3 is 10.4 Å². The number of rotatable bonds is 46. The lowest BCUT2D eigenvalue weighted by molar-refractivity contribution is -0.127. The van der Waals surface area contributed by atoms with Crippen LogP contribution in [-0.2, 0) is 24.2 Å². The van der Waals surface area contributed by atoms with Gasteiger partial charge in [0.15, 0.2) is 5.96 Å². The summed E-state index contributed by atoms with van der Waals surface area (Å²) in [5.41, 5.74) is 5.78. The Kier molecular flexibility index (Phi) is 43.9. The van der Waals surface area contributed by atoms with Crippen molar-refractivity contribution in [2.75, 3.05) is 13.1 Å². The predicted molar refractivity (Wildman–Crippen MR) is 341 cm³/mol. The first-order valence-electron chi connectivity index (χ1n) is 30.3. The number of aliphatic hydroxyl groups is 11. The standard InChI is InChI=1S/C65H104N4O17S/c1-5-6-7-8-14-17-20-28-47(2)63(81)49(4)60(79)37-21-18-15-12-10-9-11-13-16-19-22-38-62(86-87(83,84)85)48(3)61(80)46-58(78)45-55(75)34-25-33-54(74)44-57(77)43-53(73)32-24-31-51(71)41-50(70)29-23-30-52(72)42-56(76)35-26-40-68-65(66)69-64(82)59-36-27-39-67-59/h5-13,15-16,18-25,28-29,32,34,37,47-60,62-63,67,70-79,81H,14,17,26-27,30-31,33,35-36,38-46H2,1-4H3,(H,83,84,85)(H3,66,68,69,82)/b6-5+,8-7+,11-9+,12-10+,16-13+,18-15+,22-19+,28-20+,29-23+,32-24+,34-25+,37-21+. The molecule has 16 atom stereocenters. The molecule has 0 bridgehead atoms. The van der Waals surface area contributed by atoms with E-state index in [1.807, 2.05) is 44.2 Å². The highest BCUT2D eigenvalue weighted by molar-refractivity contribution is 7.80. The topological polar surface area (TPSA) is 383 Å². The van der Waals surface area contributed by atoms with Crippen LogP contribution < -0.4 is 16.4 Å². The second-order valence-electron chi connectivity index (χ2n) is 22.1. The molecule has 0 radical (unpaired) electrons. The van der Waals surface area contributed by atoms with E-state index in [9.17, 15) is 78.7 Å². The van der Waals surface area contributed by atoms with Crippen LogP contribution in [0.3, 0.4) is 0 Å². The summed E-state index contributed by atoms with van der Waals surface area (Å²) in [6.07, 6.45) is 32.2. The van der Waals surface area contributed by atoms with E-state index in [0.717, 1.165) is 32.2 Å². The van der Waals surface area contributed by atoms with Crippen molar-refractivity contribution in [2.45, 2.75) is 210 Å². The first-order valence-corrected chi connectivity index (χ1v) is 31.6. The molecular formula is C65H104N4O17S. The molecule has 1 saturated heterocycles. The zero-order valence-corrected chi connectivity index (χ0v) is 52.0. The molecule has 22 heteroatoms. The molecule has 1 aliphatic rings. The van der Waals surface area contributed by atoms with E-state index in [2.05, 4.69) is 21.7 Å². The third kappa shape index (κ3) is 42.5. The molecule has 1 rings (SSSR count). The minimum absolute atomic E-state index is 0.00184. The van der Waals surface area contributed by atoms with Crippen molar-refractivity contribution in [1.82, 2.24) is 10.6 Å². The Bertz CT molecular complexity index is 2410. The molecule has 0 aromatic rings. The van der Waals surface area contributed by atoms with Gasteiger partial charge in [-0.15, -0.1) is 0 Å². The van der Waals surface area contributed by atoms with E-state index >= 15 is 0 Å². The summed E-state index contributed by atoms with van der Waals surface area (Å²) in [5.74, 6) is -2.37. The van der Waals surface area contributed by atoms with Crippen molar-refractivity contribution in [3.8, 4) is 0 Å². The van der Waals surface area contributed by atoms with Crippen molar-refractivity contribution in [3.63, 3.8) is 0 Å². The molecule has 1 fully saturated rings. The molecule has 87 heavy (non-hydrogen) atoms. The van der Waals surface area contributed by atoms with Gasteiger partial charge in [-0.3, -0.25) is 24.5 Å². The first-order chi connectivity index (χ1) is 41.3. The van der Waals surface area contributed by atoms with E-state index < -0.39 is 102 Å². The number of carbonyl (C=O) groups excluding carboxylic acids is 2. The predicted octanol–water partition coefficient (Wildman–Crippen LogP) is 4.96. The maximum Gasteiger partial charge on any atom is 0.397 e. The van der Waals surface area contributed by atoms with E-state index in [1.165, 1.54) is 37.3 Å². The summed E-state index contributed by atoms with van der Waals surface area (Å²) in [6, 6.07) is -0.277. The third-order valence-corrected chi connectivity index (χ3v) is 14.6. The SMILES string of the molecule is C/C=C/C=C/CC/C=C/C(C)C(O)C(C)C(O)/C=C/C=C/C=C/C=C/C=C/C=C/CC(OS(=O)(=O)O)C(C)C(=O)CC(O)CC(O)/C=C/CC(O)CC(O)CC(O)/C=C/CC(O)CC(O)/C=C/CC(O)CC(O)CCCN=C(N)NC(=O)C1CCCN1. The average molecular weight is 1250 g/mol. The largest absolute Gasteiger partial charge is 0.397 e. The van der Waals surface area contributed by atoms with Crippen molar-refractivity contribution in [3.05, 3.63) is 146 Å². The zero-order valence-electron chi connectivity index (χ0n) is 51.2. The molecule has 1 aliphatic heterocycles. The first kappa shape index (κ1) is 79.9. The van der Waals surface area contributed by atoms with E-state index in [-0.39, 0.29) is 87.5 Å². The second-order valence-corrected chi connectivity index (χ2v) is 23.2. The molecule has 16 N–H and O–H groups in total. The molecule has 0 saturated carbocycles. The average Bonchev–Trinajstić information content (AvgIpc) is 4.15. The van der Waals surface area contributed by atoms with Crippen LogP contribution in [0.15, 0.2) is 151 Å². The maximum absolute atomic E-state index is 13.1. The molecule has 1 heterocycles. The number of hydrogen-bond donors (Lipinski definition) is 15. The molecule has 21 nitrogen and oxygen atoms in total. The molecule has 1 amide bonds. The number of nitrogens with one attached hydrogen (secondary N) is 2. The number of aliphatic hydroxyl groups excluding tert-OH is 11. The van der Waals surface area contributed by atoms with Gasteiger partial charge in [0, 0.05) is 50.0 Å². The lowest BCUT2D eigenvalue weighted by atomic mass is 9.88. The smallest absolute Gasteiger partial charge is 0.393 e. The van der Waals surface area contributed by atoms with Gasteiger partial charge in [-0.1, -0.05) is 167 Å². The number of unbranched alkanes of at least 4 members (excludes halogenated alkanes) is 1. The summed E-state index contributed by atoms with van der Waals surface area (Å²) in [6.45, 7) is 8.15. The lowest BCUT2D eigenvalue weighted by Gasteiger charge is -2.25. The van der Waals surface area contributed by atoms with Gasteiger partial charge in [0.2, 0.25) is 5.91 Å². The Morgan fingerprint density at radius 2 is 1.11 bits per heavy atom. The number of carbonyl (C=O) groups is 2. The number of allylic oxidation sites excluding steroid dienone is 15. The summed E-state index contributed by atoms with van der Waals surface area (Å²) in [4.78, 5) is 29.3. The van der Waals surface area contributed by atoms with E-state index in [4.69, 9.17) is 9.92 Å². The van der Waals surface area contributed by atoms with Crippen LogP contribution in [0.5, 0.6) is 0 Å². The molecule has 492 valence electrons. The fraction of sp³-hybridized carbons (Fsp3) is 0.585. The Hall–Kier alpha value is -5.12. The molecule has 0 aliphatic carbocycles. The lowest BCUT2D eigenvalue weighted by Crippen LogP contribution is -2.46. The van der Waals surface area contributed by atoms with Gasteiger partial charge in [0.1, 0.15) is 5.78 Å². The highest BCUT2D eigenvalue weighted by Gasteiger charge is 2.30. The van der Waals surface area contributed by atoms with Crippen molar-refractivity contribution < 1.29 is 82.9 Å². The number of amides is 1. The van der Waals surface area contributed by atoms with Gasteiger partial charge in [-0.2, -0.15) is 8.42 Å². The van der Waals surface area contributed by atoms with E-state index in [0.29, 0.717) is 19.4 Å². The van der Waals surface area contributed by atoms with Crippen LogP contribution in [0.25, 0.3) is 0 Å². The van der Waals surface area contributed by atoms with Gasteiger partial charge in [-0.05, 0) is 90.5 Å². The quantitative estimate of drug-likeness (QED) is 0.00956. The summed E-state index contributed by atoms with van der Waals surface area (Å²) >= 11 is 0. The highest BCUT2D eigenvalue weighted by Crippen LogP contribution is 2.22. The minimum Gasteiger partial charge on any atom is -0.393 e. The van der Waals surface area contributed by atoms with Crippen LogP contribution in [0.4, 0.5) is 0 Å². The van der Waals surface area contributed by atoms with Crippen LogP contribution >= 0.6 is 0 Å². The van der Waals surface area contributed by atoms with Crippen molar-refractivity contribution in [2.24, 2.45) is 28.5 Å². The molecule has 0 aromatic carbocycles. The van der Waals surface area contributed by atoms with Crippen LogP contribution in [-0.4, -0.2) is 179 Å². The fourth-order valence-corrected chi connectivity index (χ4v) is 9.56. The Morgan fingerprint density at radius 1 is 0.609 bits per heavy atom. The molecule has 0 aromatic heterocycles. The minimum atomic E-state index is -4.95. The number of guanidine groups is 1. The van der Waals surface area contributed by atoms with Gasteiger partial charge in [0.25, 0.3) is 0 Å². The number of hydrogen-bond acceptors (Lipinski definition) is 18. The number of nitrogens with two attached hydrogens (primary N) is 1. The van der Waals surface area contributed by atoms with Gasteiger partial charge < -0.3 is 67.2 Å². The van der Waals surface area contributed by atoms with Crippen LogP contribution in [0.2, 0.25) is 0 Å². The van der Waals surface area contributed by atoms with Gasteiger partial charge in [-0.25, -0.2) is 4.18 Å². The number of ketones is 1. The Morgan fingerprint density at radius 3 is 1.67 bits per heavy atom. The summed E-state index contributed by atoms with van der Waals surface area (Å²) in [5, 5.41) is 120.